The molecule has 3 heteroatoms. The molecule has 0 spiro atoms. The molecule has 1 saturated heterocycles. The largest absolute Gasteiger partial charge is 0.303 e. The molecule has 0 bridgehead atoms. The zero-order valence-corrected chi connectivity index (χ0v) is 9.72. The third-order valence-electron chi connectivity index (χ3n) is 3.16. The van der Waals surface area contributed by atoms with E-state index < -0.39 is 0 Å². The molecule has 0 N–H and O–H groups in total. The Morgan fingerprint density at radius 3 is 2.81 bits per heavy atom. The van der Waals surface area contributed by atoms with Crippen molar-refractivity contribution in [2.75, 3.05) is 13.1 Å². The molecule has 16 heavy (non-hydrogen) atoms. The van der Waals surface area contributed by atoms with Gasteiger partial charge in [0.05, 0.1) is 0 Å². The van der Waals surface area contributed by atoms with Crippen molar-refractivity contribution in [3.05, 3.63) is 29.6 Å². The number of piperidine rings is 1. The fourth-order valence-electron chi connectivity index (χ4n) is 2.21. The molecule has 0 saturated carbocycles. The molecule has 3 nitrogen and oxygen atoms in total. The van der Waals surface area contributed by atoms with Crippen molar-refractivity contribution in [2.45, 2.75) is 26.3 Å². The van der Waals surface area contributed by atoms with Gasteiger partial charge in [0.2, 0.25) is 0 Å². The van der Waals surface area contributed by atoms with Gasteiger partial charge in [0, 0.05) is 24.9 Å². The maximum atomic E-state index is 10.6. The van der Waals surface area contributed by atoms with Gasteiger partial charge in [-0.1, -0.05) is 6.07 Å². The SMILES string of the molecule is Cc1cncc(CN2CCC(C=O)CC2)c1. The van der Waals surface area contributed by atoms with E-state index in [4.69, 9.17) is 0 Å². The molecule has 1 fully saturated rings. The molecule has 1 aliphatic rings. The van der Waals surface area contributed by atoms with Crippen molar-refractivity contribution in [3.8, 4) is 0 Å². The van der Waals surface area contributed by atoms with E-state index in [0.717, 1.165) is 38.8 Å². The van der Waals surface area contributed by atoms with Crippen LogP contribution in [-0.4, -0.2) is 29.3 Å². The molecule has 0 unspecified atom stereocenters. The van der Waals surface area contributed by atoms with Crippen LogP contribution in [-0.2, 0) is 11.3 Å². The van der Waals surface area contributed by atoms with Crippen LogP contribution in [0.3, 0.4) is 0 Å². The van der Waals surface area contributed by atoms with E-state index in [2.05, 4.69) is 22.9 Å². The lowest BCUT2D eigenvalue weighted by Crippen LogP contribution is -2.33. The maximum Gasteiger partial charge on any atom is 0.123 e. The number of pyridine rings is 1. The van der Waals surface area contributed by atoms with E-state index >= 15 is 0 Å². The number of hydrogen-bond donors (Lipinski definition) is 0. The van der Waals surface area contributed by atoms with Crippen molar-refractivity contribution in [3.63, 3.8) is 0 Å². The summed E-state index contributed by atoms with van der Waals surface area (Å²) < 4.78 is 0. The van der Waals surface area contributed by atoms with Crippen LogP contribution in [0, 0.1) is 12.8 Å². The minimum Gasteiger partial charge on any atom is -0.303 e. The Hall–Kier alpha value is -1.22. The second-order valence-electron chi connectivity index (χ2n) is 4.62. The second-order valence-corrected chi connectivity index (χ2v) is 4.62. The van der Waals surface area contributed by atoms with Crippen molar-refractivity contribution in [1.82, 2.24) is 9.88 Å². The predicted octanol–water partition coefficient (Wildman–Crippen LogP) is 1.80. The predicted molar refractivity (Wildman–Crippen MR) is 63.0 cm³/mol. The Labute approximate surface area is 96.5 Å². The van der Waals surface area contributed by atoms with Crippen LogP contribution in [0.2, 0.25) is 0 Å². The lowest BCUT2D eigenvalue weighted by Gasteiger charge is -2.29. The normalized spacial score (nSPS) is 18.6. The van der Waals surface area contributed by atoms with Gasteiger partial charge in [-0.2, -0.15) is 0 Å². The zero-order chi connectivity index (χ0) is 11.4. The minimum atomic E-state index is 0.284. The summed E-state index contributed by atoms with van der Waals surface area (Å²) in [4.78, 5) is 17.2. The molecular weight excluding hydrogens is 200 g/mol. The first-order valence-corrected chi connectivity index (χ1v) is 5.86. The Bertz CT molecular complexity index is 357. The van der Waals surface area contributed by atoms with Crippen LogP contribution in [0.25, 0.3) is 0 Å². The average molecular weight is 218 g/mol. The molecule has 0 aliphatic carbocycles. The summed E-state index contributed by atoms with van der Waals surface area (Å²) in [6, 6.07) is 2.18. The molecule has 0 aromatic carbocycles. The van der Waals surface area contributed by atoms with Crippen molar-refractivity contribution >= 4 is 6.29 Å². The Kier molecular flexibility index (Phi) is 3.67. The van der Waals surface area contributed by atoms with Gasteiger partial charge in [0.15, 0.2) is 0 Å². The van der Waals surface area contributed by atoms with E-state index in [1.54, 1.807) is 0 Å². The topological polar surface area (TPSA) is 33.2 Å². The molecule has 1 aromatic rings. The first-order chi connectivity index (χ1) is 7.78. The average Bonchev–Trinajstić information content (AvgIpc) is 2.30. The van der Waals surface area contributed by atoms with E-state index in [0.29, 0.717) is 0 Å². The lowest BCUT2D eigenvalue weighted by atomic mass is 9.98. The highest BCUT2D eigenvalue weighted by atomic mass is 16.1. The highest BCUT2D eigenvalue weighted by Crippen LogP contribution is 2.17. The van der Waals surface area contributed by atoms with Gasteiger partial charge in [-0.15, -0.1) is 0 Å². The number of carbonyl (C=O) groups excluding carboxylic acids is 1. The van der Waals surface area contributed by atoms with Gasteiger partial charge >= 0.3 is 0 Å². The number of aldehydes is 1. The van der Waals surface area contributed by atoms with Crippen molar-refractivity contribution in [2.24, 2.45) is 5.92 Å². The van der Waals surface area contributed by atoms with Gasteiger partial charge in [-0.05, 0) is 44.0 Å². The highest BCUT2D eigenvalue weighted by molar-refractivity contribution is 5.53. The Balaban J connectivity index is 1.89. The smallest absolute Gasteiger partial charge is 0.123 e. The summed E-state index contributed by atoms with van der Waals surface area (Å²) in [5.41, 5.74) is 2.48. The molecule has 0 amide bonds. The molecular formula is C13H18N2O. The van der Waals surface area contributed by atoms with Crippen LogP contribution in [0.5, 0.6) is 0 Å². The van der Waals surface area contributed by atoms with Gasteiger partial charge in [-0.3, -0.25) is 9.88 Å². The first kappa shape index (κ1) is 11.3. The molecule has 0 atom stereocenters. The molecule has 2 rings (SSSR count). The minimum absolute atomic E-state index is 0.284. The highest BCUT2D eigenvalue weighted by Gasteiger charge is 2.18. The van der Waals surface area contributed by atoms with Crippen LogP contribution in [0.15, 0.2) is 18.5 Å². The van der Waals surface area contributed by atoms with Gasteiger partial charge < -0.3 is 4.79 Å². The number of aromatic nitrogens is 1. The number of hydrogen-bond acceptors (Lipinski definition) is 3. The van der Waals surface area contributed by atoms with Gasteiger partial charge in [0.1, 0.15) is 6.29 Å². The fraction of sp³-hybridized carbons (Fsp3) is 0.538. The number of aryl methyl sites for hydroxylation is 1. The first-order valence-electron chi connectivity index (χ1n) is 5.86. The standard InChI is InChI=1S/C13H18N2O/c1-11-6-13(8-14-7-11)9-15-4-2-12(10-16)3-5-15/h6-8,10,12H,2-5,9H2,1H3. The molecule has 86 valence electrons. The third-order valence-corrected chi connectivity index (χ3v) is 3.16. The summed E-state index contributed by atoms with van der Waals surface area (Å²) in [5.74, 6) is 0.284. The number of rotatable bonds is 3. The van der Waals surface area contributed by atoms with Crippen LogP contribution in [0.4, 0.5) is 0 Å². The molecule has 1 aliphatic heterocycles. The van der Waals surface area contributed by atoms with Crippen molar-refractivity contribution in [1.29, 1.82) is 0 Å². The van der Waals surface area contributed by atoms with Gasteiger partial charge in [0.25, 0.3) is 0 Å². The summed E-state index contributed by atoms with van der Waals surface area (Å²) in [5, 5.41) is 0. The van der Waals surface area contributed by atoms with Crippen LogP contribution >= 0.6 is 0 Å². The monoisotopic (exact) mass is 218 g/mol. The number of carbonyl (C=O) groups is 1. The van der Waals surface area contributed by atoms with E-state index in [1.807, 2.05) is 12.4 Å². The van der Waals surface area contributed by atoms with Crippen LogP contribution < -0.4 is 0 Å². The summed E-state index contributed by atoms with van der Waals surface area (Å²) in [6.07, 6.45) is 6.91. The molecule has 2 heterocycles. The quantitative estimate of drug-likeness (QED) is 0.725. The fourth-order valence-corrected chi connectivity index (χ4v) is 2.21. The zero-order valence-electron chi connectivity index (χ0n) is 9.72. The Morgan fingerprint density at radius 2 is 2.19 bits per heavy atom. The number of nitrogens with zero attached hydrogens (tertiary/aromatic N) is 2. The van der Waals surface area contributed by atoms with Crippen LogP contribution in [0.1, 0.15) is 24.0 Å². The van der Waals surface area contributed by atoms with E-state index in [9.17, 15) is 4.79 Å². The molecule has 1 aromatic heterocycles. The van der Waals surface area contributed by atoms with E-state index in [-0.39, 0.29) is 5.92 Å². The van der Waals surface area contributed by atoms with Crippen molar-refractivity contribution < 1.29 is 4.79 Å². The summed E-state index contributed by atoms with van der Waals surface area (Å²) in [7, 11) is 0. The summed E-state index contributed by atoms with van der Waals surface area (Å²) in [6.45, 7) is 5.07. The second kappa shape index (κ2) is 5.21. The van der Waals surface area contributed by atoms with Gasteiger partial charge in [-0.25, -0.2) is 0 Å². The van der Waals surface area contributed by atoms with E-state index in [1.165, 1.54) is 11.1 Å². The summed E-state index contributed by atoms with van der Waals surface area (Å²) >= 11 is 0. The molecule has 0 radical (unpaired) electrons. The maximum absolute atomic E-state index is 10.6. The lowest BCUT2D eigenvalue weighted by molar-refractivity contribution is -0.112. The third kappa shape index (κ3) is 2.89. The number of likely N-dealkylation sites (tertiary alicyclic amines) is 1. The Morgan fingerprint density at radius 1 is 1.44 bits per heavy atom.